The van der Waals surface area contributed by atoms with Gasteiger partial charge in [-0.1, -0.05) is 0 Å². The van der Waals surface area contributed by atoms with Crippen LogP contribution in [0.1, 0.15) is 12.8 Å². The van der Waals surface area contributed by atoms with Gasteiger partial charge in [-0.3, -0.25) is 4.79 Å². The SMILES string of the molecule is COC(=O)COc1ccc(NC(=O)[C@@H]2CCCNC2)cc1. The summed E-state index contributed by atoms with van der Waals surface area (Å²) in [6.45, 7) is 1.58. The number of carbonyl (C=O) groups is 2. The van der Waals surface area contributed by atoms with Crippen molar-refractivity contribution in [3.8, 4) is 5.75 Å². The summed E-state index contributed by atoms with van der Waals surface area (Å²) >= 11 is 0. The van der Waals surface area contributed by atoms with Crippen molar-refractivity contribution in [2.45, 2.75) is 12.8 Å². The molecule has 1 amide bonds. The fourth-order valence-electron chi connectivity index (χ4n) is 2.16. The molecule has 1 aliphatic rings. The van der Waals surface area contributed by atoms with Gasteiger partial charge in [-0.05, 0) is 43.7 Å². The second-order valence-electron chi connectivity index (χ2n) is 4.92. The van der Waals surface area contributed by atoms with Crippen LogP contribution in [0.3, 0.4) is 0 Å². The van der Waals surface area contributed by atoms with Crippen LogP contribution >= 0.6 is 0 Å². The molecular weight excluding hydrogens is 272 g/mol. The minimum Gasteiger partial charge on any atom is -0.482 e. The summed E-state index contributed by atoms with van der Waals surface area (Å²) in [6, 6.07) is 6.91. The summed E-state index contributed by atoms with van der Waals surface area (Å²) in [5.74, 6) is 0.175. The molecule has 1 atom stereocenters. The van der Waals surface area contributed by atoms with Gasteiger partial charge in [-0.25, -0.2) is 4.79 Å². The molecule has 1 fully saturated rings. The average molecular weight is 292 g/mol. The number of amides is 1. The summed E-state index contributed by atoms with van der Waals surface area (Å²) < 4.78 is 9.73. The summed E-state index contributed by atoms with van der Waals surface area (Å²) in [5, 5.41) is 6.11. The van der Waals surface area contributed by atoms with Crippen LogP contribution < -0.4 is 15.4 Å². The first-order valence-electron chi connectivity index (χ1n) is 7.00. The molecule has 0 aromatic heterocycles. The molecule has 2 rings (SSSR count). The maximum Gasteiger partial charge on any atom is 0.343 e. The van der Waals surface area contributed by atoms with Crippen molar-refractivity contribution in [2.24, 2.45) is 5.92 Å². The number of rotatable bonds is 5. The number of carbonyl (C=O) groups excluding carboxylic acids is 2. The molecule has 1 aromatic carbocycles. The number of hydrogen-bond acceptors (Lipinski definition) is 5. The molecule has 0 radical (unpaired) electrons. The zero-order valence-electron chi connectivity index (χ0n) is 12.1. The van der Waals surface area contributed by atoms with Crippen molar-refractivity contribution in [2.75, 3.05) is 32.1 Å². The molecule has 0 bridgehead atoms. The van der Waals surface area contributed by atoms with Gasteiger partial charge in [0.15, 0.2) is 6.61 Å². The van der Waals surface area contributed by atoms with Crippen LogP contribution in [0.25, 0.3) is 0 Å². The lowest BCUT2D eigenvalue weighted by Crippen LogP contribution is -2.37. The summed E-state index contributed by atoms with van der Waals surface area (Å²) in [4.78, 5) is 23.0. The molecule has 0 spiro atoms. The van der Waals surface area contributed by atoms with E-state index in [0.717, 1.165) is 31.6 Å². The van der Waals surface area contributed by atoms with Crippen LogP contribution in [-0.4, -0.2) is 38.7 Å². The van der Waals surface area contributed by atoms with Crippen molar-refractivity contribution in [3.05, 3.63) is 24.3 Å². The fraction of sp³-hybridized carbons (Fsp3) is 0.467. The molecule has 1 aliphatic heterocycles. The molecule has 1 saturated heterocycles. The largest absolute Gasteiger partial charge is 0.482 e. The zero-order valence-corrected chi connectivity index (χ0v) is 12.1. The van der Waals surface area contributed by atoms with E-state index < -0.39 is 5.97 Å². The minimum atomic E-state index is -0.433. The Morgan fingerprint density at radius 2 is 2.10 bits per heavy atom. The molecule has 0 saturated carbocycles. The van der Waals surface area contributed by atoms with E-state index in [-0.39, 0.29) is 18.4 Å². The summed E-state index contributed by atoms with van der Waals surface area (Å²) in [5.41, 5.74) is 0.719. The lowest BCUT2D eigenvalue weighted by atomic mass is 9.99. The van der Waals surface area contributed by atoms with E-state index in [4.69, 9.17) is 4.74 Å². The molecule has 1 aromatic rings. The van der Waals surface area contributed by atoms with Gasteiger partial charge in [0.05, 0.1) is 13.0 Å². The molecular formula is C15H20N2O4. The van der Waals surface area contributed by atoms with E-state index in [1.54, 1.807) is 24.3 Å². The third-order valence-electron chi connectivity index (χ3n) is 3.37. The van der Waals surface area contributed by atoms with Gasteiger partial charge in [0.2, 0.25) is 5.91 Å². The second-order valence-corrected chi connectivity index (χ2v) is 4.92. The Morgan fingerprint density at radius 1 is 1.33 bits per heavy atom. The molecule has 114 valence electrons. The topological polar surface area (TPSA) is 76.7 Å². The highest BCUT2D eigenvalue weighted by Crippen LogP contribution is 2.18. The summed E-state index contributed by atoms with van der Waals surface area (Å²) in [7, 11) is 1.31. The Morgan fingerprint density at radius 3 is 2.71 bits per heavy atom. The number of nitrogens with one attached hydrogen (secondary N) is 2. The first kappa shape index (κ1) is 15.3. The van der Waals surface area contributed by atoms with Gasteiger partial charge in [-0.15, -0.1) is 0 Å². The van der Waals surface area contributed by atoms with Crippen molar-refractivity contribution in [1.82, 2.24) is 5.32 Å². The normalized spacial score (nSPS) is 17.9. The molecule has 6 heteroatoms. The van der Waals surface area contributed by atoms with Crippen LogP contribution in [-0.2, 0) is 14.3 Å². The van der Waals surface area contributed by atoms with E-state index in [2.05, 4.69) is 15.4 Å². The predicted octanol–water partition coefficient (Wildman–Crippen LogP) is 1.18. The van der Waals surface area contributed by atoms with E-state index in [1.807, 2.05) is 0 Å². The number of methoxy groups -OCH3 is 1. The lowest BCUT2D eigenvalue weighted by molar-refractivity contribution is -0.142. The van der Waals surface area contributed by atoms with Crippen molar-refractivity contribution >= 4 is 17.6 Å². The highest BCUT2D eigenvalue weighted by Gasteiger charge is 2.20. The first-order valence-corrected chi connectivity index (χ1v) is 7.00. The standard InChI is InChI=1S/C15H20N2O4/c1-20-14(18)10-21-13-6-4-12(5-7-13)17-15(19)11-3-2-8-16-9-11/h4-7,11,16H,2-3,8-10H2,1H3,(H,17,19)/t11-/m1/s1. The molecule has 21 heavy (non-hydrogen) atoms. The third-order valence-corrected chi connectivity index (χ3v) is 3.37. The number of hydrogen-bond donors (Lipinski definition) is 2. The first-order chi connectivity index (χ1) is 10.2. The van der Waals surface area contributed by atoms with Crippen LogP contribution in [0.4, 0.5) is 5.69 Å². The van der Waals surface area contributed by atoms with Gasteiger partial charge in [-0.2, -0.15) is 0 Å². The van der Waals surface area contributed by atoms with Gasteiger partial charge < -0.3 is 20.1 Å². The Bertz CT molecular complexity index is 481. The zero-order chi connectivity index (χ0) is 15.1. The van der Waals surface area contributed by atoms with Crippen molar-refractivity contribution in [3.63, 3.8) is 0 Å². The Hall–Kier alpha value is -2.08. The van der Waals surface area contributed by atoms with Crippen LogP contribution in [0, 0.1) is 5.92 Å². The van der Waals surface area contributed by atoms with Crippen molar-refractivity contribution in [1.29, 1.82) is 0 Å². The quantitative estimate of drug-likeness (QED) is 0.797. The highest BCUT2D eigenvalue weighted by molar-refractivity contribution is 5.92. The Kier molecular flexibility index (Phi) is 5.57. The second kappa shape index (κ2) is 7.64. The van der Waals surface area contributed by atoms with E-state index in [9.17, 15) is 9.59 Å². The van der Waals surface area contributed by atoms with Crippen molar-refractivity contribution < 1.29 is 19.1 Å². The minimum absolute atomic E-state index is 0.0222. The number of piperidine rings is 1. The predicted molar refractivity (Wildman–Crippen MR) is 78.2 cm³/mol. The smallest absolute Gasteiger partial charge is 0.343 e. The van der Waals surface area contributed by atoms with Crippen LogP contribution in [0.15, 0.2) is 24.3 Å². The van der Waals surface area contributed by atoms with E-state index in [1.165, 1.54) is 7.11 Å². The lowest BCUT2D eigenvalue weighted by Gasteiger charge is -2.21. The number of anilines is 1. The van der Waals surface area contributed by atoms with Crippen LogP contribution in [0.2, 0.25) is 0 Å². The number of benzene rings is 1. The Balaban J connectivity index is 1.84. The number of ether oxygens (including phenoxy) is 2. The third kappa shape index (κ3) is 4.75. The number of esters is 1. The molecule has 0 unspecified atom stereocenters. The fourth-order valence-corrected chi connectivity index (χ4v) is 2.16. The average Bonchev–Trinajstić information content (AvgIpc) is 2.54. The van der Waals surface area contributed by atoms with E-state index in [0.29, 0.717) is 5.75 Å². The summed E-state index contributed by atoms with van der Waals surface area (Å²) in [6.07, 6.45) is 1.94. The monoisotopic (exact) mass is 292 g/mol. The van der Waals surface area contributed by atoms with Gasteiger partial charge in [0.25, 0.3) is 0 Å². The highest BCUT2D eigenvalue weighted by atomic mass is 16.6. The van der Waals surface area contributed by atoms with Crippen LogP contribution in [0.5, 0.6) is 5.75 Å². The molecule has 1 heterocycles. The molecule has 6 nitrogen and oxygen atoms in total. The maximum atomic E-state index is 12.1. The maximum absolute atomic E-state index is 12.1. The van der Waals surface area contributed by atoms with Gasteiger partial charge in [0, 0.05) is 12.2 Å². The van der Waals surface area contributed by atoms with E-state index >= 15 is 0 Å². The molecule has 2 N–H and O–H groups in total. The molecule has 0 aliphatic carbocycles. The Labute approximate surface area is 123 Å². The van der Waals surface area contributed by atoms with Gasteiger partial charge >= 0.3 is 5.97 Å². The van der Waals surface area contributed by atoms with Gasteiger partial charge in [0.1, 0.15) is 5.75 Å².